The standard InChI is InChI=1S/C28H33N3O3/c1-3-33-27-17-24(8-11-26(27)34-20-23-5-4-14-29-18-23)28(32)30-25-9-6-22(7-10-25)19-31-15-12-21(2)13-16-31/h4-11,14,17-18,21H,3,12-13,15-16,19-20H2,1-2H3,(H,30,32). The van der Waals surface area contributed by atoms with E-state index in [2.05, 4.69) is 34.3 Å². The third-order valence-electron chi connectivity index (χ3n) is 6.12. The summed E-state index contributed by atoms with van der Waals surface area (Å²) in [5.41, 5.74) is 3.52. The molecule has 1 saturated heterocycles. The van der Waals surface area contributed by atoms with Crippen LogP contribution in [0, 0.1) is 5.92 Å². The lowest BCUT2D eigenvalue weighted by Gasteiger charge is -2.30. The smallest absolute Gasteiger partial charge is 0.255 e. The molecular weight excluding hydrogens is 426 g/mol. The minimum Gasteiger partial charge on any atom is -0.490 e. The number of rotatable bonds is 9. The van der Waals surface area contributed by atoms with E-state index >= 15 is 0 Å². The van der Waals surface area contributed by atoms with Crippen molar-refractivity contribution in [1.29, 1.82) is 0 Å². The van der Waals surface area contributed by atoms with Gasteiger partial charge in [-0.25, -0.2) is 0 Å². The van der Waals surface area contributed by atoms with Crippen LogP contribution in [-0.2, 0) is 13.2 Å². The Hall–Kier alpha value is -3.38. The summed E-state index contributed by atoms with van der Waals surface area (Å²) in [6.07, 6.45) is 6.03. The fourth-order valence-corrected chi connectivity index (χ4v) is 4.06. The second kappa shape index (κ2) is 11.7. The maximum Gasteiger partial charge on any atom is 0.255 e. The van der Waals surface area contributed by atoms with Crippen molar-refractivity contribution in [2.24, 2.45) is 5.92 Å². The summed E-state index contributed by atoms with van der Waals surface area (Å²) in [4.78, 5) is 19.5. The zero-order valence-corrected chi connectivity index (χ0v) is 20.0. The molecule has 3 aromatic rings. The van der Waals surface area contributed by atoms with Crippen molar-refractivity contribution in [2.75, 3.05) is 25.0 Å². The highest BCUT2D eigenvalue weighted by Crippen LogP contribution is 2.30. The van der Waals surface area contributed by atoms with Gasteiger partial charge in [-0.05, 0) is 80.7 Å². The number of carbonyl (C=O) groups excluding carboxylic acids is 1. The predicted molar refractivity (Wildman–Crippen MR) is 134 cm³/mol. The van der Waals surface area contributed by atoms with Crippen LogP contribution in [-0.4, -0.2) is 35.5 Å². The maximum atomic E-state index is 12.9. The van der Waals surface area contributed by atoms with Gasteiger partial charge in [-0.15, -0.1) is 0 Å². The summed E-state index contributed by atoms with van der Waals surface area (Å²) in [6.45, 7) is 8.36. The quantitative estimate of drug-likeness (QED) is 0.455. The van der Waals surface area contributed by atoms with Gasteiger partial charge in [0.25, 0.3) is 5.91 Å². The second-order valence-corrected chi connectivity index (χ2v) is 8.85. The van der Waals surface area contributed by atoms with Crippen LogP contribution in [0.5, 0.6) is 11.5 Å². The van der Waals surface area contributed by atoms with Crippen molar-refractivity contribution in [1.82, 2.24) is 9.88 Å². The number of amides is 1. The van der Waals surface area contributed by atoms with Gasteiger partial charge >= 0.3 is 0 Å². The number of piperidine rings is 1. The molecule has 0 radical (unpaired) electrons. The minimum atomic E-state index is -0.183. The number of pyridine rings is 1. The molecule has 1 amide bonds. The monoisotopic (exact) mass is 459 g/mol. The Kier molecular flexibility index (Phi) is 8.15. The first-order valence-electron chi connectivity index (χ1n) is 12.0. The van der Waals surface area contributed by atoms with Gasteiger partial charge in [0.15, 0.2) is 11.5 Å². The fraction of sp³-hybridized carbons (Fsp3) is 0.357. The van der Waals surface area contributed by atoms with E-state index in [0.29, 0.717) is 30.3 Å². The lowest BCUT2D eigenvalue weighted by Crippen LogP contribution is -2.32. The Labute approximate surface area is 201 Å². The van der Waals surface area contributed by atoms with Crippen LogP contribution >= 0.6 is 0 Å². The SMILES string of the molecule is CCOc1cc(C(=O)Nc2ccc(CN3CCC(C)CC3)cc2)ccc1OCc1cccnc1. The zero-order valence-electron chi connectivity index (χ0n) is 20.0. The molecule has 1 aliphatic rings. The summed E-state index contributed by atoms with van der Waals surface area (Å²) in [7, 11) is 0. The van der Waals surface area contributed by atoms with E-state index in [-0.39, 0.29) is 5.91 Å². The molecule has 1 aliphatic heterocycles. The lowest BCUT2D eigenvalue weighted by atomic mass is 9.99. The molecule has 0 spiro atoms. The van der Waals surface area contributed by atoms with E-state index in [1.807, 2.05) is 31.2 Å². The summed E-state index contributed by atoms with van der Waals surface area (Å²) in [6, 6.07) is 17.2. The molecule has 178 valence electrons. The van der Waals surface area contributed by atoms with Gasteiger partial charge in [0, 0.05) is 35.8 Å². The molecule has 34 heavy (non-hydrogen) atoms. The Morgan fingerprint density at radius 2 is 1.82 bits per heavy atom. The van der Waals surface area contributed by atoms with Gasteiger partial charge in [0.1, 0.15) is 6.61 Å². The van der Waals surface area contributed by atoms with Crippen LogP contribution in [0.2, 0.25) is 0 Å². The molecule has 0 bridgehead atoms. The summed E-state index contributed by atoms with van der Waals surface area (Å²) in [5.74, 6) is 1.79. The van der Waals surface area contributed by atoms with Crippen molar-refractivity contribution in [3.63, 3.8) is 0 Å². The van der Waals surface area contributed by atoms with Crippen LogP contribution in [0.15, 0.2) is 67.0 Å². The van der Waals surface area contributed by atoms with Crippen LogP contribution in [0.1, 0.15) is 48.2 Å². The van der Waals surface area contributed by atoms with Gasteiger partial charge in [0.05, 0.1) is 6.61 Å². The largest absolute Gasteiger partial charge is 0.490 e. The Balaban J connectivity index is 1.36. The second-order valence-electron chi connectivity index (χ2n) is 8.85. The van der Waals surface area contributed by atoms with E-state index in [1.165, 1.54) is 18.4 Å². The molecule has 1 fully saturated rings. The van der Waals surface area contributed by atoms with E-state index in [9.17, 15) is 4.79 Å². The molecule has 2 heterocycles. The Morgan fingerprint density at radius 3 is 2.53 bits per heavy atom. The van der Waals surface area contributed by atoms with E-state index in [4.69, 9.17) is 9.47 Å². The first-order valence-corrected chi connectivity index (χ1v) is 12.0. The number of hydrogen-bond acceptors (Lipinski definition) is 5. The summed E-state index contributed by atoms with van der Waals surface area (Å²) < 4.78 is 11.6. The average Bonchev–Trinajstić information content (AvgIpc) is 2.86. The molecular formula is C28H33N3O3. The molecule has 6 heteroatoms. The topological polar surface area (TPSA) is 63.7 Å². The number of benzene rings is 2. The molecule has 0 unspecified atom stereocenters. The van der Waals surface area contributed by atoms with Crippen molar-refractivity contribution >= 4 is 11.6 Å². The molecule has 0 atom stereocenters. The van der Waals surface area contributed by atoms with Gasteiger partial charge in [-0.1, -0.05) is 25.1 Å². The van der Waals surface area contributed by atoms with Crippen LogP contribution < -0.4 is 14.8 Å². The minimum absolute atomic E-state index is 0.183. The molecule has 4 rings (SSSR count). The zero-order chi connectivity index (χ0) is 23.8. The average molecular weight is 460 g/mol. The van der Waals surface area contributed by atoms with Crippen LogP contribution in [0.25, 0.3) is 0 Å². The lowest BCUT2D eigenvalue weighted by molar-refractivity contribution is 0.102. The number of anilines is 1. The molecule has 0 aliphatic carbocycles. The highest BCUT2D eigenvalue weighted by molar-refractivity contribution is 6.04. The molecule has 1 N–H and O–H groups in total. The Morgan fingerprint density at radius 1 is 1.03 bits per heavy atom. The third-order valence-corrected chi connectivity index (χ3v) is 6.12. The fourth-order valence-electron chi connectivity index (χ4n) is 4.06. The summed E-state index contributed by atoms with van der Waals surface area (Å²) >= 11 is 0. The van der Waals surface area contributed by atoms with Crippen molar-refractivity contribution < 1.29 is 14.3 Å². The van der Waals surface area contributed by atoms with Gasteiger partial charge in [-0.3, -0.25) is 14.7 Å². The number of carbonyl (C=O) groups is 1. The Bertz CT molecular complexity index is 1060. The first-order chi connectivity index (χ1) is 16.6. The van der Waals surface area contributed by atoms with Gasteiger partial charge < -0.3 is 14.8 Å². The molecule has 0 saturated carbocycles. The number of nitrogens with one attached hydrogen (secondary N) is 1. The molecule has 2 aromatic carbocycles. The number of likely N-dealkylation sites (tertiary alicyclic amines) is 1. The molecule has 1 aromatic heterocycles. The molecule has 6 nitrogen and oxygen atoms in total. The van der Waals surface area contributed by atoms with Gasteiger partial charge in [-0.2, -0.15) is 0 Å². The van der Waals surface area contributed by atoms with Crippen LogP contribution in [0.3, 0.4) is 0 Å². The van der Waals surface area contributed by atoms with Crippen molar-refractivity contribution in [2.45, 2.75) is 39.8 Å². The van der Waals surface area contributed by atoms with Crippen LogP contribution in [0.4, 0.5) is 5.69 Å². The first kappa shape index (κ1) is 23.8. The number of aromatic nitrogens is 1. The summed E-state index contributed by atoms with van der Waals surface area (Å²) in [5, 5.41) is 2.98. The van der Waals surface area contributed by atoms with Crippen molar-refractivity contribution in [3.8, 4) is 11.5 Å². The number of hydrogen-bond donors (Lipinski definition) is 1. The van der Waals surface area contributed by atoms with E-state index < -0.39 is 0 Å². The van der Waals surface area contributed by atoms with Crippen molar-refractivity contribution in [3.05, 3.63) is 83.7 Å². The van der Waals surface area contributed by atoms with E-state index in [1.54, 1.807) is 30.6 Å². The third kappa shape index (κ3) is 6.58. The normalized spacial score (nSPS) is 14.5. The van der Waals surface area contributed by atoms with E-state index in [0.717, 1.165) is 36.8 Å². The highest BCUT2D eigenvalue weighted by Gasteiger charge is 2.16. The maximum absolute atomic E-state index is 12.9. The van der Waals surface area contributed by atoms with Gasteiger partial charge in [0.2, 0.25) is 0 Å². The number of nitrogens with zero attached hydrogens (tertiary/aromatic N) is 2. The predicted octanol–water partition coefficient (Wildman–Crippen LogP) is 5.54. The highest BCUT2D eigenvalue weighted by atomic mass is 16.5. The number of ether oxygens (including phenoxy) is 2.